The highest BCUT2D eigenvalue weighted by molar-refractivity contribution is 5.27. The van der Waals surface area contributed by atoms with Crippen molar-refractivity contribution in [3.05, 3.63) is 35.4 Å². The molecule has 0 bridgehead atoms. The SMILES string of the molecule is CC(C)N(C)CC1CC(c2ccc(CN3CCCC3)cc2)C1. The summed E-state index contributed by atoms with van der Waals surface area (Å²) >= 11 is 0. The summed E-state index contributed by atoms with van der Waals surface area (Å²) in [7, 11) is 2.26. The number of rotatable bonds is 6. The first-order chi connectivity index (χ1) is 10.6. The Morgan fingerprint density at radius 2 is 1.73 bits per heavy atom. The second-order valence-corrected chi connectivity index (χ2v) is 7.79. The molecular formula is C20H32N2. The minimum atomic E-state index is 0.670. The predicted molar refractivity (Wildman–Crippen MR) is 94.2 cm³/mol. The van der Waals surface area contributed by atoms with Crippen molar-refractivity contribution >= 4 is 0 Å². The van der Waals surface area contributed by atoms with E-state index in [1.807, 2.05) is 0 Å². The zero-order valence-electron chi connectivity index (χ0n) is 14.6. The standard InChI is InChI=1S/C20H32N2/c1-16(2)21(3)14-18-12-20(13-18)19-8-6-17(7-9-19)15-22-10-4-5-11-22/h6-9,16,18,20H,4-5,10-15H2,1-3H3. The van der Waals surface area contributed by atoms with Gasteiger partial charge in [-0.25, -0.2) is 0 Å². The molecule has 2 fully saturated rings. The van der Waals surface area contributed by atoms with Crippen LogP contribution < -0.4 is 0 Å². The normalized spacial score (nSPS) is 25.9. The second-order valence-electron chi connectivity index (χ2n) is 7.79. The molecule has 2 heteroatoms. The maximum Gasteiger partial charge on any atom is 0.0233 e. The first-order valence-corrected chi connectivity index (χ1v) is 9.13. The van der Waals surface area contributed by atoms with Crippen molar-refractivity contribution < 1.29 is 0 Å². The molecule has 0 unspecified atom stereocenters. The van der Waals surface area contributed by atoms with Crippen LogP contribution in [-0.4, -0.2) is 42.5 Å². The summed E-state index contributed by atoms with van der Waals surface area (Å²) in [6, 6.07) is 10.2. The van der Waals surface area contributed by atoms with Gasteiger partial charge in [-0.1, -0.05) is 24.3 Å². The monoisotopic (exact) mass is 300 g/mol. The average Bonchev–Trinajstić information content (AvgIpc) is 2.96. The van der Waals surface area contributed by atoms with Gasteiger partial charge in [0.2, 0.25) is 0 Å². The van der Waals surface area contributed by atoms with E-state index in [1.165, 1.54) is 50.9 Å². The summed E-state index contributed by atoms with van der Waals surface area (Å²) in [6.45, 7) is 9.56. The van der Waals surface area contributed by atoms with Crippen molar-refractivity contribution in [2.24, 2.45) is 5.92 Å². The van der Waals surface area contributed by atoms with E-state index in [9.17, 15) is 0 Å². The Hall–Kier alpha value is -0.860. The molecule has 0 aromatic heterocycles. The van der Waals surface area contributed by atoms with E-state index in [-0.39, 0.29) is 0 Å². The summed E-state index contributed by atoms with van der Waals surface area (Å²) in [5.41, 5.74) is 3.05. The van der Waals surface area contributed by atoms with Crippen LogP contribution in [0.1, 0.15) is 56.6 Å². The maximum atomic E-state index is 2.58. The Morgan fingerprint density at radius 3 is 2.32 bits per heavy atom. The molecule has 2 aliphatic rings. The van der Waals surface area contributed by atoms with Crippen LogP contribution in [0.2, 0.25) is 0 Å². The molecule has 1 aromatic rings. The van der Waals surface area contributed by atoms with E-state index in [4.69, 9.17) is 0 Å². The number of hydrogen-bond acceptors (Lipinski definition) is 2. The molecule has 0 spiro atoms. The second kappa shape index (κ2) is 7.14. The lowest BCUT2D eigenvalue weighted by molar-refractivity contribution is 0.158. The molecule has 0 amide bonds. The summed E-state index contributed by atoms with van der Waals surface area (Å²) in [5.74, 6) is 1.72. The molecule has 3 rings (SSSR count). The molecule has 0 atom stereocenters. The lowest BCUT2D eigenvalue weighted by atomic mass is 9.71. The minimum absolute atomic E-state index is 0.670. The molecule has 1 heterocycles. The first kappa shape index (κ1) is 16.0. The molecular weight excluding hydrogens is 268 g/mol. The largest absolute Gasteiger partial charge is 0.304 e. The molecule has 22 heavy (non-hydrogen) atoms. The molecule has 1 aliphatic heterocycles. The number of nitrogens with zero attached hydrogens (tertiary/aromatic N) is 2. The van der Waals surface area contributed by atoms with Gasteiger partial charge in [0.25, 0.3) is 0 Å². The Balaban J connectivity index is 1.46. The molecule has 122 valence electrons. The van der Waals surface area contributed by atoms with Crippen LogP contribution >= 0.6 is 0 Å². The van der Waals surface area contributed by atoms with Crippen molar-refractivity contribution in [1.29, 1.82) is 0 Å². The van der Waals surface area contributed by atoms with Crippen LogP contribution in [-0.2, 0) is 6.54 Å². The Labute approximate surface area is 136 Å². The summed E-state index contributed by atoms with van der Waals surface area (Å²) in [4.78, 5) is 5.07. The molecule has 0 radical (unpaired) electrons. The van der Waals surface area contributed by atoms with Crippen LogP contribution in [0.3, 0.4) is 0 Å². The molecule has 1 aliphatic carbocycles. The average molecular weight is 300 g/mol. The highest BCUT2D eigenvalue weighted by Crippen LogP contribution is 2.42. The van der Waals surface area contributed by atoms with Gasteiger partial charge in [0.15, 0.2) is 0 Å². The van der Waals surface area contributed by atoms with Crippen molar-refractivity contribution in [1.82, 2.24) is 9.80 Å². The van der Waals surface area contributed by atoms with Gasteiger partial charge in [-0.2, -0.15) is 0 Å². The Morgan fingerprint density at radius 1 is 1.09 bits per heavy atom. The summed E-state index contributed by atoms with van der Waals surface area (Å²) in [5, 5.41) is 0. The first-order valence-electron chi connectivity index (χ1n) is 9.13. The van der Waals surface area contributed by atoms with Crippen molar-refractivity contribution in [3.63, 3.8) is 0 Å². The molecule has 1 aromatic carbocycles. The van der Waals surface area contributed by atoms with E-state index < -0.39 is 0 Å². The van der Waals surface area contributed by atoms with Crippen molar-refractivity contribution in [2.45, 2.75) is 58.0 Å². The zero-order chi connectivity index (χ0) is 15.5. The van der Waals surface area contributed by atoms with Gasteiger partial charge in [-0.3, -0.25) is 4.90 Å². The van der Waals surface area contributed by atoms with Crippen LogP contribution in [0.5, 0.6) is 0 Å². The van der Waals surface area contributed by atoms with Crippen molar-refractivity contribution in [3.8, 4) is 0 Å². The number of benzene rings is 1. The fraction of sp³-hybridized carbons (Fsp3) is 0.700. The topological polar surface area (TPSA) is 6.48 Å². The third-order valence-corrected chi connectivity index (χ3v) is 5.72. The van der Waals surface area contributed by atoms with Crippen LogP contribution in [0, 0.1) is 5.92 Å². The van der Waals surface area contributed by atoms with Crippen LogP contribution in [0.25, 0.3) is 0 Å². The van der Waals surface area contributed by atoms with E-state index >= 15 is 0 Å². The van der Waals surface area contributed by atoms with E-state index in [0.29, 0.717) is 6.04 Å². The fourth-order valence-electron chi connectivity index (χ4n) is 3.87. The zero-order valence-corrected chi connectivity index (χ0v) is 14.6. The van der Waals surface area contributed by atoms with Gasteiger partial charge in [0.05, 0.1) is 0 Å². The molecule has 1 saturated carbocycles. The molecule has 0 N–H and O–H groups in total. The van der Waals surface area contributed by atoms with Gasteiger partial charge in [-0.05, 0) is 82.6 Å². The fourth-order valence-corrected chi connectivity index (χ4v) is 3.87. The van der Waals surface area contributed by atoms with Gasteiger partial charge < -0.3 is 4.90 Å². The lowest BCUT2D eigenvalue weighted by Gasteiger charge is -2.39. The van der Waals surface area contributed by atoms with Gasteiger partial charge in [-0.15, -0.1) is 0 Å². The Bertz CT molecular complexity index is 453. The third-order valence-electron chi connectivity index (χ3n) is 5.72. The van der Waals surface area contributed by atoms with Crippen LogP contribution in [0.15, 0.2) is 24.3 Å². The van der Waals surface area contributed by atoms with E-state index in [0.717, 1.165) is 18.4 Å². The molecule has 1 saturated heterocycles. The lowest BCUT2D eigenvalue weighted by Crippen LogP contribution is -2.36. The predicted octanol–water partition coefficient (Wildman–Crippen LogP) is 4.12. The highest BCUT2D eigenvalue weighted by Gasteiger charge is 2.31. The minimum Gasteiger partial charge on any atom is -0.304 e. The van der Waals surface area contributed by atoms with E-state index in [2.05, 4.69) is 55.0 Å². The molecule has 2 nitrogen and oxygen atoms in total. The van der Waals surface area contributed by atoms with Gasteiger partial charge in [0.1, 0.15) is 0 Å². The Kier molecular flexibility index (Phi) is 5.20. The summed E-state index contributed by atoms with van der Waals surface area (Å²) < 4.78 is 0. The maximum absolute atomic E-state index is 2.58. The number of likely N-dealkylation sites (tertiary alicyclic amines) is 1. The van der Waals surface area contributed by atoms with Gasteiger partial charge in [0, 0.05) is 19.1 Å². The highest BCUT2D eigenvalue weighted by atomic mass is 15.1. The smallest absolute Gasteiger partial charge is 0.0233 e. The third kappa shape index (κ3) is 3.91. The van der Waals surface area contributed by atoms with Gasteiger partial charge >= 0.3 is 0 Å². The number of hydrogen-bond donors (Lipinski definition) is 0. The van der Waals surface area contributed by atoms with E-state index in [1.54, 1.807) is 5.56 Å². The quantitative estimate of drug-likeness (QED) is 0.780. The van der Waals surface area contributed by atoms with Crippen LogP contribution in [0.4, 0.5) is 0 Å². The van der Waals surface area contributed by atoms with Crippen molar-refractivity contribution in [2.75, 3.05) is 26.7 Å². The summed E-state index contributed by atoms with van der Waals surface area (Å²) in [6.07, 6.45) is 5.52.